The van der Waals surface area contributed by atoms with Crippen LogP contribution in [0.1, 0.15) is 38.8 Å². The van der Waals surface area contributed by atoms with Crippen molar-refractivity contribution in [3.63, 3.8) is 0 Å². The summed E-state index contributed by atoms with van der Waals surface area (Å²) >= 11 is 0. The van der Waals surface area contributed by atoms with Crippen molar-refractivity contribution in [3.8, 4) is 0 Å². The minimum atomic E-state index is -0.525. The van der Waals surface area contributed by atoms with E-state index >= 15 is 0 Å². The van der Waals surface area contributed by atoms with Crippen LogP contribution >= 0.6 is 0 Å². The highest BCUT2D eigenvalue weighted by atomic mass is 16.6. The lowest BCUT2D eigenvalue weighted by Gasteiger charge is -2.29. The van der Waals surface area contributed by atoms with Gasteiger partial charge in [0.1, 0.15) is 5.60 Å². The lowest BCUT2D eigenvalue weighted by molar-refractivity contribution is 0.0218. The van der Waals surface area contributed by atoms with E-state index < -0.39 is 5.60 Å². The van der Waals surface area contributed by atoms with E-state index in [-0.39, 0.29) is 12.1 Å². The maximum atomic E-state index is 12.8. The number of nitrogens with zero attached hydrogens (tertiary/aromatic N) is 2. The summed E-state index contributed by atoms with van der Waals surface area (Å²) in [5.74, 6) is 0. The Labute approximate surface area is 179 Å². The van der Waals surface area contributed by atoms with E-state index in [0.717, 1.165) is 17.5 Å². The van der Waals surface area contributed by atoms with Gasteiger partial charge in [0, 0.05) is 43.5 Å². The van der Waals surface area contributed by atoms with Crippen molar-refractivity contribution in [2.45, 2.75) is 52.4 Å². The molecule has 3 aromatic rings. The number of pyridine rings is 1. The molecule has 0 aliphatic carbocycles. The second-order valence-corrected chi connectivity index (χ2v) is 8.69. The number of rotatable bonds is 7. The van der Waals surface area contributed by atoms with E-state index in [1.54, 1.807) is 4.90 Å². The van der Waals surface area contributed by atoms with Gasteiger partial charge in [-0.2, -0.15) is 0 Å². The van der Waals surface area contributed by atoms with Crippen LogP contribution in [0.4, 0.5) is 4.79 Å². The number of carbonyl (C=O) groups is 1. The van der Waals surface area contributed by atoms with Crippen molar-refractivity contribution >= 4 is 16.9 Å². The lowest BCUT2D eigenvalue weighted by atomic mass is 10.1. The Morgan fingerprint density at radius 1 is 1.07 bits per heavy atom. The van der Waals surface area contributed by atoms with Crippen LogP contribution in [0.2, 0.25) is 0 Å². The molecule has 0 saturated carbocycles. The van der Waals surface area contributed by atoms with Crippen LogP contribution in [-0.4, -0.2) is 34.2 Å². The molecule has 0 radical (unpaired) electrons. The summed E-state index contributed by atoms with van der Waals surface area (Å²) < 4.78 is 5.64. The van der Waals surface area contributed by atoms with E-state index in [1.807, 2.05) is 69.6 Å². The maximum absolute atomic E-state index is 12.8. The fourth-order valence-corrected chi connectivity index (χ4v) is 3.26. The number of amides is 1. The SMILES string of the molecule is C[C@H](CN(Cc1ccccc1)C(=O)OC(C)(C)C)NCc1ccc2cnccc2c1. The Balaban J connectivity index is 1.63. The highest BCUT2D eigenvalue weighted by Crippen LogP contribution is 2.16. The first-order valence-electron chi connectivity index (χ1n) is 10.4. The van der Waals surface area contributed by atoms with Gasteiger partial charge in [-0.1, -0.05) is 42.5 Å². The van der Waals surface area contributed by atoms with Crippen LogP contribution in [0.5, 0.6) is 0 Å². The van der Waals surface area contributed by atoms with Crippen molar-refractivity contribution in [1.82, 2.24) is 15.2 Å². The molecule has 1 aromatic heterocycles. The molecule has 1 heterocycles. The average molecular weight is 406 g/mol. The number of aromatic nitrogens is 1. The minimum Gasteiger partial charge on any atom is -0.444 e. The Kier molecular flexibility index (Phi) is 7.06. The van der Waals surface area contributed by atoms with Gasteiger partial charge in [-0.05, 0) is 56.3 Å². The van der Waals surface area contributed by atoms with E-state index in [4.69, 9.17) is 4.74 Å². The van der Waals surface area contributed by atoms with Crippen LogP contribution in [0.25, 0.3) is 10.8 Å². The molecular weight excluding hydrogens is 374 g/mol. The molecule has 1 N–H and O–H groups in total. The highest BCUT2D eigenvalue weighted by molar-refractivity contribution is 5.82. The predicted octanol–water partition coefficient (Wildman–Crippen LogP) is 5.15. The third-order valence-electron chi connectivity index (χ3n) is 4.72. The summed E-state index contributed by atoms with van der Waals surface area (Å²) in [4.78, 5) is 18.7. The van der Waals surface area contributed by atoms with Gasteiger partial charge in [-0.25, -0.2) is 4.79 Å². The van der Waals surface area contributed by atoms with Crippen LogP contribution in [-0.2, 0) is 17.8 Å². The van der Waals surface area contributed by atoms with Crippen molar-refractivity contribution in [1.29, 1.82) is 0 Å². The highest BCUT2D eigenvalue weighted by Gasteiger charge is 2.23. The standard InChI is InChI=1S/C25H31N3O2/c1-19(27-15-21-10-11-23-16-26-13-12-22(23)14-21)17-28(24(29)30-25(2,3)4)18-20-8-6-5-7-9-20/h5-14,16,19,27H,15,17-18H2,1-4H3/t19-/m1/s1. The zero-order valence-corrected chi connectivity index (χ0v) is 18.3. The molecule has 0 aliphatic heterocycles. The molecule has 2 aromatic carbocycles. The van der Waals surface area contributed by atoms with Crippen molar-refractivity contribution in [3.05, 3.63) is 78.1 Å². The molecule has 1 atom stereocenters. The van der Waals surface area contributed by atoms with E-state index in [9.17, 15) is 4.79 Å². The number of fused-ring (bicyclic) bond motifs is 1. The molecule has 0 spiro atoms. The Bertz CT molecular complexity index is 967. The smallest absolute Gasteiger partial charge is 0.410 e. The van der Waals surface area contributed by atoms with Gasteiger partial charge in [-0.15, -0.1) is 0 Å². The fourth-order valence-electron chi connectivity index (χ4n) is 3.26. The maximum Gasteiger partial charge on any atom is 0.410 e. The van der Waals surface area contributed by atoms with E-state index in [1.165, 1.54) is 10.9 Å². The topological polar surface area (TPSA) is 54.5 Å². The summed E-state index contributed by atoms with van der Waals surface area (Å²) in [6.45, 7) is 9.57. The molecule has 0 saturated heterocycles. The molecule has 5 nitrogen and oxygen atoms in total. The van der Waals surface area contributed by atoms with Crippen LogP contribution in [0.3, 0.4) is 0 Å². The number of nitrogens with one attached hydrogen (secondary N) is 1. The number of carbonyl (C=O) groups excluding carboxylic acids is 1. The number of ether oxygens (including phenoxy) is 1. The number of hydrogen-bond acceptors (Lipinski definition) is 4. The van der Waals surface area contributed by atoms with Crippen molar-refractivity contribution in [2.24, 2.45) is 0 Å². The molecular formula is C25H31N3O2. The Hall–Kier alpha value is -2.92. The molecule has 158 valence electrons. The number of benzene rings is 2. The quantitative estimate of drug-likeness (QED) is 0.591. The Morgan fingerprint density at radius 3 is 2.57 bits per heavy atom. The van der Waals surface area contributed by atoms with Gasteiger partial charge in [0.15, 0.2) is 0 Å². The lowest BCUT2D eigenvalue weighted by Crippen LogP contribution is -2.43. The summed E-state index contributed by atoms with van der Waals surface area (Å²) in [5, 5.41) is 5.84. The van der Waals surface area contributed by atoms with Gasteiger partial charge in [0.2, 0.25) is 0 Å². The summed E-state index contributed by atoms with van der Waals surface area (Å²) in [5.41, 5.74) is 1.76. The van der Waals surface area contributed by atoms with Gasteiger partial charge in [0.05, 0.1) is 0 Å². The zero-order valence-electron chi connectivity index (χ0n) is 18.3. The van der Waals surface area contributed by atoms with Gasteiger partial charge in [0.25, 0.3) is 0 Å². The molecule has 0 unspecified atom stereocenters. The fraction of sp³-hybridized carbons (Fsp3) is 0.360. The van der Waals surface area contributed by atoms with E-state index in [2.05, 4.69) is 35.4 Å². The van der Waals surface area contributed by atoms with Gasteiger partial charge >= 0.3 is 6.09 Å². The first-order chi connectivity index (χ1) is 14.3. The second kappa shape index (κ2) is 9.72. The third kappa shape index (κ3) is 6.56. The van der Waals surface area contributed by atoms with Crippen LogP contribution in [0, 0.1) is 0 Å². The van der Waals surface area contributed by atoms with Crippen molar-refractivity contribution in [2.75, 3.05) is 6.54 Å². The minimum absolute atomic E-state index is 0.106. The molecule has 0 fully saturated rings. The van der Waals surface area contributed by atoms with Gasteiger partial charge in [-0.3, -0.25) is 4.98 Å². The molecule has 30 heavy (non-hydrogen) atoms. The summed E-state index contributed by atoms with van der Waals surface area (Å²) in [6.07, 6.45) is 3.39. The van der Waals surface area contributed by atoms with Crippen LogP contribution < -0.4 is 5.32 Å². The van der Waals surface area contributed by atoms with Crippen LogP contribution in [0.15, 0.2) is 67.0 Å². The Morgan fingerprint density at radius 2 is 1.83 bits per heavy atom. The first-order valence-corrected chi connectivity index (χ1v) is 10.4. The predicted molar refractivity (Wildman–Crippen MR) is 121 cm³/mol. The van der Waals surface area contributed by atoms with E-state index in [0.29, 0.717) is 13.1 Å². The first kappa shape index (κ1) is 21.8. The summed E-state index contributed by atoms with van der Waals surface area (Å²) in [6, 6.07) is 18.5. The molecule has 5 heteroatoms. The molecule has 3 rings (SSSR count). The largest absolute Gasteiger partial charge is 0.444 e. The second-order valence-electron chi connectivity index (χ2n) is 8.69. The number of hydrogen-bond donors (Lipinski definition) is 1. The monoisotopic (exact) mass is 405 g/mol. The third-order valence-corrected chi connectivity index (χ3v) is 4.72. The summed E-state index contributed by atoms with van der Waals surface area (Å²) in [7, 11) is 0. The van der Waals surface area contributed by atoms with Gasteiger partial charge < -0.3 is 15.0 Å². The molecule has 0 aliphatic rings. The normalized spacial score (nSPS) is 12.5. The molecule has 0 bridgehead atoms. The van der Waals surface area contributed by atoms with Crippen molar-refractivity contribution < 1.29 is 9.53 Å². The molecule has 1 amide bonds. The average Bonchev–Trinajstić information content (AvgIpc) is 2.71. The zero-order chi connectivity index (χ0) is 21.6.